The molecule has 110 valence electrons. The molecule has 2 fully saturated rings. The Hall–Kier alpha value is -0.610. The molecule has 3 atom stereocenters. The molecule has 0 spiro atoms. The zero-order chi connectivity index (χ0) is 13.9. The summed E-state index contributed by atoms with van der Waals surface area (Å²) < 4.78 is 6.03. The van der Waals surface area contributed by atoms with Gasteiger partial charge in [0.25, 0.3) is 0 Å². The van der Waals surface area contributed by atoms with E-state index in [1.165, 1.54) is 19.3 Å². The molecular formula is C15H27NO3. The lowest BCUT2D eigenvalue weighted by Crippen LogP contribution is -2.58. The molecule has 4 heteroatoms. The van der Waals surface area contributed by atoms with E-state index in [2.05, 4.69) is 12.2 Å². The summed E-state index contributed by atoms with van der Waals surface area (Å²) in [6.45, 7) is 5.17. The van der Waals surface area contributed by atoms with Crippen molar-refractivity contribution < 1.29 is 14.6 Å². The van der Waals surface area contributed by atoms with Gasteiger partial charge in [-0.05, 0) is 44.1 Å². The van der Waals surface area contributed by atoms with Crippen molar-refractivity contribution in [3.8, 4) is 0 Å². The summed E-state index contributed by atoms with van der Waals surface area (Å²) in [7, 11) is 0. The lowest BCUT2D eigenvalue weighted by atomic mass is 9.87. The first-order chi connectivity index (χ1) is 9.10. The Balaban J connectivity index is 1.97. The lowest BCUT2D eigenvalue weighted by molar-refractivity contribution is -0.151. The van der Waals surface area contributed by atoms with Crippen LogP contribution in [-0.4, -0.2) is 35.9 Å². The van der Waals surface area contributed by atoms with Crippen LogP contribution in [-0.2, 0) is 9.53 Å². The summed E-state index contributed by atoms with van der Waals surface area (Å²) in [6, 6.07) is 0. The van der Waals surface area contributed by atoms with Crippen LogP contribution in [0.15, 0.2) is 0 Å². The molecule has 0 bridgehead atoms. The van der Waals surface area contributed by atoms with Gasteiger partial charge in [-0.25, -0.2) is 0 Å². The Labute approximate surface area is 115 Å². The highest BCUT2D eigenvalue weighted by Crippen LogP contribution is 2.41. The fourth-order valence-corrected chi connectivity index (χ4v) is 3.29. The third-order valence-electron chi connectivity index (χ3n) is 4.71. The van der Waals surface area contributed by atoms with E-state index in [0.29, 0.717) is 19.1 Å². The number of carboxylic acids is 1. The highest BCUT2D eigenvalue weighted by molar-refractivity contribution is 5.80. The predicted molar refractivity (Wildman–Crippen MR) is 74.1 cm³/mol. The van der Waals surface area contributed by atoms with Gasteiger partial charge in [0, 0.05) is 0 Å². The Morgan fingerprint density at radius 3 is 2.53 bits per heavy atom. The average Bonchev–Trinajstić information content (AvgIpc) is 3.20. The van der Waals surface area contributed by atoms with Crippen molar-refractivity contribution in [2.45, 2.75) is 64.0 Å². The van der Waals surface area contributed by atoms with Crippen molar-refractivity contribution >= 4 is 5.97 Å². The molecule has 2 N–H and O–H groups in total. The Morgan fingerprint density at radius 2 is 2.00 bits per heavy atom. The van der Waals surface area contributed by atoms with Gasteiger partial charge in [0.05, 0.1) is 12.7 Å². The normalized spacial score (nSPS) is 30.8. The van der Waals surface area contributed by atoms with Crippen molar-refractivity contribution in [3.63, 3.8) is 0 Å². The number of aliphatic carboxylic acids is 1. The molecule has 0 amide bonds. The summed E-state index contributed by atoms with van der Waals surface area (Å²) in [5, 5.41) is 12.8. The van der Waals surface area contributed by atoms with Crippen molar-refractivity contribution in [1.29, 1.82) is 0 Å². The molecule has 2 saturated carbocycles. The second-order valence-corrected chi connectivity index (χ2v) is 6.19. The van der Waals surface area contributed by atoms with Crippen molar-refractivity contribution in [1.82, 2.24) is 5.32 Å². The van der Waals surface area contributed by atoms with Crippen molar-refractivity contribution in [3.05, 3.63) is 0 Å². The average molecular weight is 269 g/mol. The van der Waals surface area contributed by atoms with Crippen LogP contribution in [0.3, 0.4) is 0 Å². The highest BCUT2D eigenvalue weighted by atomic mass is 16.5. The standard InChI is InChI=1S/C15H27NO3/c1-3-16-15(14(17)18,12-8-9-12)10-19-13-7-5-4-6-11(13)2/h11-13,16H,3-10H2,1-2H3,(H,17,18). The summed E-state index contributed by atoms with van der Waals surface area (Å²) in [4.78, 5) is 11.7. The summed E-state index contributed by atoms with van der Waals surface area (Å²) >= 11 is 0. The first-order valence-corrected chi connectivity index (χ1v) is 7.70. The van der Waals surface area contributed by atoms with Crippen LogP contribution in [0, 0.1) is 11.8 Å². The van der Waals surface area contributed by atoms with E-state index < -0.39 is 11.5 Å². The molecule has 0 aromatic heterocycles. The van der Waals surface area contributed by atoms with Crippen LogP contribution in [0.5, 0.6) is 0 Å². The van der Waals surface area contributed by atoms with Crippen LogP contribution in [0.2, 0.25) is 0 Å². The number of rotatable bonds is 7. The molecule has 2 aliphatic carbocycles. The van der Waals surface area contributed by atoms with Crippen LogP contribution in [0.1, 0.15) is 52.4 Å². The topological polar surface area (TPSA) is 58.6 Å². The van der Waals surface area contributed by atoms with Crippen LogP contribution in [0.4, 0.5) is 0 Å². The predicted octanol–water partition coefficient (Wildman–Crippen LogP) is 2.42. The molecule has 0 aromatic carbocycles. The van der Waals surface area contributed by atoms with E-state index in [1.54, 1.807) is 0 Å². The van der Waals surface area contributed by atoms with E-state index >= 15 is 0 Å². The largest absolute Gasteiger partial charge is 0.480 e. The number of ether oxygens (including phenoxy) is 1. The molecule has 3 unspecified atom stereocenters. The van der Waals surface area contributed by atoms with E-state index in [-0.39, 0.29) is 12.0 Å². The molecular weight excluding hydrogens is 242 g/mol. The SMILES string of the molecule is CCNC(COC1CCCCC1C)(C(=O)O)C1CC1. The van der Waals surface area contributed by atoms with E-state index in [1.807, 2.05) is 6.92 Å². The Morgan fingerprint density at radius 1 is 1.32 bits per heavy atom. The zero-order valence-electron chi connectivity index (χ0n) is 12.2. The number of nitrogens with one attached hydrogen (secondary N) is 1. The van der Waals surface area contributed by atoms with Gasteiger partial charge in [0.1, 0.15) is 5.54 Å². The first kappa shape index (κ1) is 14.8. The molecule has 2 rings (SSSR count). The molecule has 0 heterocycles. The van der Waals surface area contributed by atoms with E-state index in [9.17, 15) is 9.90 Å². The monoisotopic (exact) mass is 269 g/mol. The quantitative estimate of drug-likeness (QED) is 0.745. The molecule has 2 aliphatic rings. The Kier molecular flexibility index (Phi) is 4.85. The second kappa shape index (κ2) is 6.23. The number of carboxylic acid groups (broad SMARTS) is 1. The van der Waals surface area contributed by atoms with Gasteiger partial charge in [0.2, 0.25) is 0 Å². The van der Waals surface area contributed by atoms with Crippen LogP contribution in [0.25, 0.3) is 0 Å². The summed E-state index contributed by atoms with van der Waals surface area (Å²) in [5.41, 5.74) is -0.855. The first-order valence-electron chi connectivity index (χ1n) is 7.70. The molecule has 4 nitrogen and oxygen atoms in total. The molecule has 0 aliphatic heterocycles. The summed E-state index contributed by atoms with van der Waals surface area (Å²) in [6.07, 6.45) is 7.01. The van der Waals surface area contributed by atoms with Gasteiger partial charge in [-0.3, -0.25) is 10.1 Å². The number of carbonyl (C=O) groups is 1. The van der Waals surface area contributed by atoms with Crippen molar-refractivity contribution in [2.24, 2.45) is 11.8 Å². The minimum atomic E-state index is -0.855. The molecule has 0 saturated heterocycles. The summed E-state index contributed by atoms with van der Waals surface area (Å²) in [5.74, 6) is 0.0465. The molecule has 0 aromatic rings. The van der Waals surface area contributed by atoms with Crippen LogP contribution < -0.4 is 5.32 Å². The second-order valence-electron chi connectivity index (χ2n) is 6.19. The maximum atomic E-state index is 11.7. The molecule has 0 radical (unpaired) electrons. The van der Waals surface area contributed by atoms with E-state index in [4.69, 9.17) is 4.74 Å². The van der Waals surface area contributed by atoms with Gasteiger partial charge >= 0.3 is 5.97 Å². The number of hydrogen-bond donors (Lipinski definition) is 2. The van der Waals surface area contributed by atoms with Gasteiger partial charge in [-0.15, -0.1) is 0 Å². The minimum absolute atomic E-state index is 0.240. The lowest BCUT2D eigenvalue weighted by Gasteiger charge is -2.35. The Bertz CT molecular complexity index is 317. The van der Waals surface area contributed by atoms with E-state index in [0.717, 1.165) is 19.3 Å². The third-order valence-corrected chi connectivity index (χ3v) is 4.71. The highest BCUT2D eigenvalue weighted by Gasteiger charge is 2.51. The number of hydrogen-bond acceptors (Lipinski definition) is 3. The molecule has 19 heavy (non-hydrogen) atoms. The minimum Gasteiger partial charge on any atom is -0.480 e. The van der Waals surface area contributed by atoms with Crippen molar-refractivity contribution in [2.75, 3.05) is 13.2 Å². The smallest absolute Gasteiger partial charge is 0.326 e. The third kappa shape index (κ3) is 3.29. The fraction of sp³-hybridized carbons (Fsp3) is 0.933. The maximum absolute atomic E-state index is 11.7. The number of likely N-dealkylation sites (N-methyl/N-ethyl adjacent to an activating group) is 1. The van der Waals surface area contributed by atoms with Gasteiger partial charge in [-0.1, -0.05) is 26.7 Å². The maximum Gasteiger partial charge on any atom is 0.326 e. The van der Waals surface area contributed by atoms with Crippen LogP contribution >= 0.6 is 0 Å². The zero-order valence-corrected chi connectivity index (χ0v) is 12.2. The van der Waals surface area contributed by atoms with Gasteiger partial charge in [0.15, 0.2) is 0 Å². The fourth-order valence-electron chi connectivity index (χ4n) is 3.29. The van der Waals surface area contributed by atoms with Gasteiger partial charge < -0.3 is 9.84 Å². The van der Waals surface area contributed by atoms with Gasteiger partial charge in [-0.2, -0.15) is 0 Å².